The van der Waals surface area contributed by atoms with Gasteiger partial charge in [0.2, 0.25) is 11.8 Å². The number of ether oxygens (including phenoxy) is 1. The first-order valence-corrected chi connectivity index (χ1v) is 9.84. The maximum absolute atomic E-state index is 12.3. The highest BCUT2D eigenvalue weighted by Crippen LogP contribution is 2.36. The van der Waals surface area contributed by atoms with Gasteiger partial charge in [0.15, 0.2) is 0 Å². The SMILES string of the molecule is COC(=O)c1sc(C(C)(C)C)cc1NC(=O)CCCCN1CCCC1=O. The minimum absolute atomic E-state index is 0.112. The van der Waals surface area contributed by atoms with Gasteiger partial charge in [-0.25, -0.2) is 4.79 Å². The Labute approximate surface area is 158 Å². The molecule has 1 saturated heterocycles. The van der Waals surface area contributed by atoms with E-state index in [0.717, 1.165) is 24.3 Å². The molecule has 2 heterocycles. The molecule has 1 fully saturated rings. The second-order valence-corrected chi connectivity index (χ2v) is 8.64. The van der Waals surface area contributed by atoms with Crippen molar-refractivity contribution in [3.05, 3.63) is 15.8 Å². The van der Waals surface area contributed by atoms with Crippen LogP contribution in [0.5, 0.6) is 0 Å². The second-order valence-electron chi connectivity index (χ2n) is 7.58. The van der Waals surface area contributed by atoms with Gasteiger partial charge in [0, 0.05) is 30.8 Å². The maximum atomic E-state index is 12.3. The maximum Gasteiger partial charge on any atom is 0.350 e. The van der Waals surface area contributed by atoms with Crippen LogP contribution in [0.1, 0.15) is 67.4 Å². The van der Waals surface area contributed by atoms with Crippen LogP contribution in [0.4, 0.5) is 5.69 Å². The zero-order valence-electron chi connectivity index (χ0n) is 16.0. The summed E-state index contributed by atoms with van der Waals surface area (Å²) in [4.78, 5) is 39.1. The van der Waals surface area contributed by atoms with Gasteiger partial charge >= 0.3 is 5.97 Å². The van der Waals surface area contributed by atoms with Crippen molar-refractivity contribution in [2.24, 2.45) is 0 Å². The quantitative estimate of drug-likeness (QED) is 0.580. The van der Waals surface area contributed by atoms with Gasteiger partial charge in [-0.1, -0.05) is 20.8 Å². The van der Waals surface area contributed by atoms with Crippen molar-refractivity contribution in [1.82, 2.24) is 4.90 Å². The molecule has 1 aromatic rings. The van der Waals surface area contributed by atoms with Crippen LogP contribution >= 0.6 is 11.3 Å². The molecule has 26 heavy (non-hydrogen) atoms. The first-order valence-electron chi connectivity index (χ1n) is 9.02. The zero-order valence-corrected chi connectivity index (χ0v) is 16.8. The number of likely N-dealkylation sites (tertiary alicyclic amines) is 1. The molecule has 0 aliphatic carbocycles. The number of hydrogen-bond donors (Lipinski definition) is 1. The number of esters is 1. The predicted octanol–water partition coefficient (Wildman–Crippen LogP) is 3.56. The number of methoxy groups -OCH3 is 1. The Balaban J connectivity index is 1.90. The van der Waals surface area contributed by atoms with Crippen molar-refractivity contribution >= 4 is 34.8 Å². The molecular formula is C19H28N2O4S. The Morgan fingerprint density at radius 1 is 1.31 bits per heavy atom. The molecule has 0 saturated carbocycles. The van der Waals surface area contributed by atoms with Crippen LogP contribution in [0.15, 0.2) is 6.07 Å². The largest absolute Gasteiger partial charge is 0.465 e. The van der Waals surface area contributed by atoms with Gasteiger partial charge in [-0.05, 0) is 30.7 Å². The van der Waals surface area contributed by atoms with Gasteiger partial charge < -0.3 is 15.0 Å². The summed E-state index contributed by atoms with van der Waals surface area (Å²) in [5.41, 5.74) is 0.407. The van der Waals surface area contributed by atoms with Crippen molar-refractivity contribution in [1.29, 1.82) is 0 Å². The van der Waals surface area contributed by atoms with Crippen LogP contribution in [-0.4, -0.2) is 42.9 Å². The van der Waals surface area contributed by atoms with Gasteiger partial charge in [0.05, 0.1) is 12.8 Å². The Bertz CT molecular complexity index is 676. The molecule has 0 unspecified atom stereocenters. The molecule has 0 bridgehead atoms. The summed E-state index contributed by atoms with van der Waals surface area (Å²) in [5.74, 6) is -0.348. The van der Waals surface area contributed by atoms with E-state index in [1.807, 2.05) is 11.0 Å². The number of rotatable bonds is 7. The second kappa shape index (κ2) is 8.66. The molecule has 1 aromatic heterocycles. The summed E-state index contributed by atoms with van der Waals surface area (Å²) < 4.78 is 4.83. The zero-order chi connectivity index (χ0) is 19.3. The fraction of sp³-hybridized carbons (Fsp3) is 0.632. The highest BCUT2D eigenvalue weighted by molar-refractivity contribution is 7.14. The van der Waals surface area contributed by atoms with Gasteiger partial charge in [0.1, 0.15) is 4.88 Å². The standard InChI is InChI=1S/C19H28N2O4S/c1-19(2,3)14-12-13(17(26-14)18(24)25-4)20-15(22)8-5-6-10-21-11-7-9-16(21)23/h12H,5-11H2,1-4H3,(H,20,22). The van der Waals surface area contributed by atoms with E-state index < -0.39 is 5.97 Å². The van der Waals surface area contributed by atoms with E-state index in [0.29, 0.717) is 36.4 Å². The molecule has 144 valence electrons. The highest BCUT2D eigenvalue weighted by Gasteiger charge is 2.24. The average Bonchev–Trinajstić information content (AvgIpc) is 3.17. The number of thiophene rings is 1. The van der Waals surface area contributed by atoms with Crippen LogP contribution in [0.2, 0.25) is 0 Å². The molecular weight excluding hydrogens is 352 g/mol. The molecule has 7 heteroatoms. The van der Waals surface area contributed by atoms with Gasteiger partial charge in [0.25, 0.3) is 0 Å². The van der Waals surface area contributed by atoms with Gasteiger partial charge in [-0.15, -0.1) is 11.3 Å². The molecule has 1 aliphatic heterocycles. The third kappa shape index (κ3) is 5.30. The lowest BCUT2D eigenvalue weighted by atomic mass is 9.94. The summed E-state index contributed by atoms with van der Waals surface area (Å²) in [6.45, 7) is 7.73. The van der Waals surface area contributed by atoms with Crippen molar-refractivity contribution in [2.45, 2.75) is 58.3 Å². The van der Waals surface area contributed by atoms with Crippen molar-refractivity contribution in [2.75, 3.05) is 25.5 Å². The number of anilines is 1. The molecule has 0 atom stereocenters. The Hall–Kier alpha value is -1.89. The fourth-order valence-corrected chi connectivity index (χ4v) is 3.93. The van der Waals surface area contributed by atoms with E-state index in [4.69, 9.17) is 4.74 Å². The summed E-state index contributed by atoms with van der Waals surface area (Å²) in [6.07, 6.45) is 3.46. The lowest BCUT2D eigenvalue weighted by Gasteiger charge is -2.15. The van der Waals surface area contributed by atoms with E-state index in [9.17, 15) is 14.4 Å². The third-order valence-corrected chi connectivity index (χ3v) is 5.91. The van der Waals surface area contributed by atoms with E-state index >= 15 is 0 Å². The number of carbonyl (C=O) groups excluding carboxylic acids is 3. The Morgan fingerprint density at radius 3 is 2.62 bits per heavy atom. The Morgan fingerprint density at radius 2 is 2.04 bits per heavy atom. The lowest BCUT2D eigenvalue weighted by Crippen LogP contribution is -2.25. The summed E-state index contributed by atoms with van der Waals surface area (Å²) in [6, 6.07) is 1.86. The lowest BCUT2D eigenvalue weighted by molar-refractivity contribution is -0.127. The monoisotopic (exact) mass is 380 g/mol. The minimum atomic E-state index is -0.437. The minimum Gasteiger partial charge on any atom is -0.465 e. The predicted molar refractivity (Wildman–Crippen MR) is 103 cm³/mol. The number of carbonyl (C=O) groups is 3. The molecule has 0 radical (unpaired) electrons. The molecule has 1 aliphatic rings. The molecule has 1 N–H and O–H groups in total. The van der Waals surface area contributed by atoms with Crippen LogP contribution < -0.4 is 5.32 Å². The number of unbranched alkanes of at least 4 members (excludes halogenated alkanes) is 1. The Kier molecular flexibility index (Phi) is 6.81. The van der Waals surface area contributed by atoms with Crippen molar-refractivity contribution in [3.63, 3.8) is 0 Å². The number of nitrogens with zero attached hydrogens (tertiary/aromatic N) is 1. The van der Waals surface area contributed by atoms with E-state index in [1.165, 1.54) is 18.4 Å². The summed E-state index contributed by atoms with van der Waals surface area (Å²) in [7, 11) is 1.34. The van der Waals surface area contributed by atoms with Crippen LogP contribution in [0.25, 0.3) is 0 Å². The van der Waals surface area contributed by atoms with Crippen LogP contribution in [0, 0.1) is 0 Å². The first kappa shape index (κ1) is 20.4. The topological polar surface area (TPSA) is 75.7 Å². The van der Waals surface area contributed by atoms with Crippen molar-refractivity contribution < 1.29 is 19.1 Å². The summed E-state index contributed by atoms with van der Waals surface area (Å²) >= 11 is 1.35. The van der Waals surface area contributed by atoms with Gasteiger partial charge in [-0.2, -0.15) is 0 Å². The number of nitrogens with one attached hydrogen (secondary N) is 1. The van der Waals surface area contributed by atoms with Crippen molar-refractivity contribution in [3.8, 4) is 0 Å². The molecule has 2 amide bonds. The molecule has 0 aromatic carbocycles. The average molecular weight is 381 g/mol. The third-order valence-electron chi connectivity index (χ3n) is 4.37. The highest BCUT2D eigenvalue weighted by atomic mass is 32.1. The number of hydrogen-bond acceptors (Lipinski definition) is 5. The number of amides is 2. The van der Waals surface area contributed by atoms with Gasteiger partial charge in [-0.3, -0.25) is 9.59 Å². The smallest absolute Gasteiger partial charge is 0.350 e. The van der Waals surface area contributed by atoms with E-state index in [-0.39, 0.29) is 17.2 Å². The summed E-state index contributed by atoms with van der Waals surface area (Å²) in [5, 5.41) is 2.85. The first-order chi connectivity index (χ1) is 12.2. The van der Waals surface area contributed by atoms with Crippen LogP contribution in [0.3, 0.4) is 0 Å². The van der Waals surface area contributed by atoms with Crippen LogP contribution in [-0.2, 0) is 19.7 Å². The normalized spacial score (nSPS) is 14.6. The molecule has 6 nitrogen and oxygen atoms in total. The molecule has 0 spiro atoms. The fourth-order valence-electron chi connectivity index (χ4n) is 2.84. The van der Waals surface area contributed by atoms with E-state index in [1.54, 1.807) is 0 Å². The molecule has 2 rings (SSSR count). The van der Waals surface area contributed by atoms with E-state index in [2.05, 4.69) is 26.1 Å².